The summed E-state index contributed by atoms with van der Waals surface area (Å²) in [6.45, 7) is 4.86. The molecule has 0 saturated carbocycles. The maximum Gasteiger partial charge on any atom is 0.224 e. The largest absolute Gasteiger partial charge is 0.330 e. The van der Waals surface area contributed by atoms with Gasteiger partial charge in [0, 0.05) is 6.42 Å². The molecule has 3 N–H and O–H groups in total. The lowest BCUT2D eigenvalue weighted by molar-refractivity contribution is -0.116. The minimum absolute atomic E-state index is 0.0596. The van der Waals surface area contributed by atoms with Crippen molar-refractivity contribution >= 4 is 46.0 Å². The van der Waals surface area contributed by atoms with E-state index in [1.165, 1.54) is 0 Å². The van der Waals surface area contributed by atoms with Gasteiger partial charge in [-0.3, -0.25) is 4.79 Å². The average Bonchev–Trinajstić information content (AvgIpc) is 2.88. The van der Waals surface area contributed by atoms with Gasteiger partial charge in [0.15, 0.2) is 0 Å². The Balaban J connectivity index is 2.05. The van der Waals surface area contributed by atoms with Gasteiger partial charge in [-0.15, -0.1) is 0 Å². The Morgan fingerprint density at radius 3 is 2.86 bits per heavy atom. The smallest absolute Gasteiger partial charge is 0.224 e. The second-order valence-corrected chi connectivity index (χ2v) is 6.74. The Morgan fingerprint density at radius 2 is 2.14 bits per heavy atom. The summed E-state index contributed by atoms with van der Waals surface area (Å²) in [7, 11) is 0. The van der Waals surface area contributed by atoms with Gasteiger partial charge in [-0.05, 0) is 36.9 Å². The second kappa shape index (κ2) is 6.68. The van der Waals surface area contributed by atoms with Crippen LogP contribution in [-0.4, -0.2) is 21.2 Å². The molecule has 2 rings (SSSR count). The Morgan fingerprint density at radius 1 is 1.38 bits per heavy atom. The fourth-order valence-corrected chi connectivity index (χ4v) is 2.86. The number of carbonyl (C=O) groups excluding carboxylic acids is 1. The summed E-state index contributed by atoms with van der Waals surface area (Å²) in [6, 6.07) is 3.51. The van der Waals surface area contributed by atoms with Crippen molar-refractivity contribution in [3.63, 3.8) is 0 Å². The molecule has 0 atom stereocenters. The van der Waals surface area contributed by atoms with Gasteiger partial charge < -0.3 is 11.1 Å². The summed E-state index contributed by atoms with van der Waals surface area (Å²) in [5.74, 6) is -0.0671. The molecule has 1 amide bonds. The molecule has 0 aliphatic heterocycles. The molecular weight excluding hydrogens is 308 g/mol. The predicted octanol–water partition coefficient (Wildman–Crippen LogP) is 3.44. The summed E-state index contributed by atoms with van der Waals surface area (Å²) in [5.41, 5.74) is 7.57. The number of nitrogens with two attached hydrogens (primary N) is 1. The van der Waals surface area contributed by atoms with Gasteiger partial charge in [-0.2, -0.15) is 8.75 Å². The van der Waals surface area contributed by atoms with Crippen LogP contribution in [0.5, 0.6) is 0 Å². The lowest BCUT2D eigenvalue weighted by atomic mass is 9.84. The van der Waals surface area contributed by atoms with Crippen molar-refractivity contribution in [2.75, 3.05) is 11.9 Å². The Bertz CT molecular complexity index is 641. The van der Waals surface area contributed by atoms with Gasteiger partial charge in [0.1, 0.15) is 11.0 Å². The monoisotopic (exact) mass is 326 g/mol. The van der Waals surface area contributed by atoms with Crippen molar-refractivity contribution in [2.24, 2.45) is 11.1 Å². The molecule has 114 valence electrons. The van der Waals surface area contributed by atoms with Crippen molar-refractivity contribution in [1.29, 1.82) is 0 Å². The van der Waals surface area contributed by atoms with E-state index in [1.54, 1.807) is 12.1 Å². The number of halogens is 1. The van der Waals surface area contributed by atoms with Gasteiger partial charge in [-0.1, -0.05) is 25.4 Å². The van der Waals surface area contributed by atoms with Crippen molar-refractivity contribution in [2.45, 2.75) is 33.1 Å². The lowest BCUT2D eigenvalue weighted by Crippen LogP contribution is -2.20. The van der Waals surface area contributed by atoms with Gasteiger partial charge in [-0.25, -0.2) is 0 Å². The molecule has 5 nitrogen and oxygen atoms in total. The van der Waals surface area contributed by atoms with E-state index in [2.05, 4.69) is 27.9 Å². The van der Waals surface area contributed by atoms with E-state index in [4.69, 9.17) is 17.3 Å². The Hall–Kier alpha value is -1.24. The number of benzene rings is 1. The number of hydrogen-bond donors (Lipinski definition) is 2. The number of carbonyl (C=O) groups is 1. The third-order valence-corrected chi connectivity index (χ3v) is 4.35. The number of aromatic nitrogens is 2. The molecule has 0 unspecified atom stereocenters. The molecule has 2 aromatic rings. The molecule has 21 heavy (non-hydrogen) atoms. The van der Waals surface area contributed by atoms with E-state index in [-0.39, 0.29) is 11.3 Å². The summed E-state index contributed by atoms with van der Waals surface area (Å²) in [5, 5.41) is 3.33. The molecule has 0 aliphatic carbocycles. The standard InChI is InChI=1S/C14H19ClN4OS/c1-14(2,7-8-16)6-5-11(20)17-12-9(15)3-4-10-13(12)19-21-18-10/h3-4H,5-8,16H2,1-2H3,(H,17,20). The van der Waals surface area contributed by atoms with Gasteiger partial charge in [0.05, 0.1) is 22.4 Å². The molecule has 0 saturated heterocycles. The van der Waals surface area contributed by atoms with Crippen LogP contribution in [0.3, 0.4) is 0 Å². The van der Waals surface area contributed by atoms with Crippen LogP contribution >= 0.6 is 23.3 Å². The first kappa shape index (κ1) is 16.1. The molecule has 0 bridgehead atoms. The predicted molar refractivity (Wildman–Crippen MR) is 87.7 cm³/mol. The molecule has 1 heterocycles. The van der Waals surface area contributed by atoms with Crippen LogP contribution < -0.4 is 11.1 Å². The minimum Gasteiger partial charge on any atom is -0.330 e. The van der Waals surface area contributed by atoms with Crippen LogP contribution in [0.25, 0.3) is 11.0 Å². The summed E-state index contributed by atoms with van der Waals surface area (Å²) in [6.07, 6.45) is 2.10. The van der Waals surface area contributed by atoms with E-state index >= 15 is 0 Å². The highest BCUT2D eigenvalue weighted by molar-refractivity contribution is 7.00. The molecule has 7 heteroatoms. The van der Waals surface area contributed by atoms with E-state index < -0.39 is 0 Å². The third kappa shape index (κ3) is 4.12. The third-order valence-electron chi connectivity index (χ3n) is 3.49. The number of anilines is 1. The average molecular weight is 327 g/mol. The summed E-state index contributed by atoms with van der Waals surface area (Å²) >= 11 is 7.25. The Labute approximate surface area is 133 Å². The van der Waals surface area contributed by atoms with Crippen LogP contribution in [0.4, 0.5) is 5.69 Å². The van der Waals surface area contributed by atoms with Crippen molar-refractivity contribution in [1.82, 2.24) is 8.75 Å². The second-order valence-electron chi connectivity index (χ2n) is 5.81. The summed E-state index contributed by atoms with van der Waals surface area (Å²) < 4.78 is 8.33. The zero-order chi connectivity index (χ0) is 15.5. The van der Waals surface area contributed by atoms with Crippen molar-refractivity contribution in [3.05, 3.63) is 17.2 Å². The van der Waals surface area contributed by atoms with Crippen LogP contribution in [0, 0.1) is 5.41 Å². The van der Waals surface area contributed by atoms with Crippen LogP contribution in [0.15, 0.2) is 12.1 Å². The number of nitrogens with zero attached hydrogens (tertiary/aromatic N) is 2. The topological polar surface area (TPSA) is 80.9 Å². The number of rotatable bonds is 6. The zero-order valence-corrected chi connectivity index (χ0v) is 13.7. The fraction of sp³-hybridized carbons (Fsp3) is 0.500. The quantitative estimate of drug-likeness (QED) is 0.852. The molecule has 0 radical (unpaired) electrons. The van der Waals surface area contributed by atoms with Gasteiger partial charge >= 0.3 is 0 Å². The highest BCUT2D eigenvalue weighted by atomic mass is 35.5. The highest BCUT2D eigenvalue weighted by Crippen LogP contribution is 2.31. The maximum absolute atomic E-state index is 12.1. The van der Waals surface area contributed by atoms with E-state index in [0.29, 0.717) is 29.2 Å². The normalized spacial score (nSPS) is 11.8. The van der Waals surface area contributed by atoms with Crippen molar-refractivity contribution in [3.8, 4) is 0 Å². The van der Waals surface area contributed by atoms with E-state index in [1.807, 2.05) is 0 Å². The van der Waals surface area contributed by atoms with Gasteiger partial charge in [0.25, 0.3) is 0 Å². The SMILES string of the molecule is CC(C)(CCN)CCC(=O)Nc1c(Cl)ccc2nsnc12. The molecule has 1 aromatic heterocycles. The molecule has 1 aromatic carbocycles. The van der Waals surface area contributed by atoms with E-state index in [0.717, 1.165) is 30.1 Å². The number of fused-ring (bicyclic) bond motifs is 1. The van der Waals surface area contributed by atoms with Crippen molar-refractivity contribution < 1.29 is 4.79 Å². The molecule has 0 spiro atoms. The molecule has 0 aliphatic rings. The first-order valence-electron chi connectivity index (χ1n) is 6.84. The summed E-state index contributed by atoms with van der Waals surface area (Å²) in [4.78, 5) is 12.1. The molecule has 0 fully saturated rings. The fourth-order valence-electron chi connectivity index (χ4n) is 2.12. The highest BCUT2D eigenvalue weighted by Gasteiger charge is 2.19. The number of hydrogen-bond acceptors (Lipinski definition) is 5. The molecular formula is C14H19ClN4OS. The first-order chi connectivity index (χ1) is 9.93. The number of amides is 1. The van der Waals surface area contributed by atoms with Crippen LogP contribution in [-0.2, 0) is 4.79 Å². The van der Waals surface area contributed by atoms with Crippen LogP contribution in [0.1, 0.15) is 33.1 Å². The number of nitrogens with one attached hydrogen (secondary N) is 1. The zero-order valence-electron chi connectivity index (χ0n) is 12.1. The van der Waals surface area contributed by atoms with E-state index in [9.17, 15) is 4.79 Å². The minimum atomic E-state index is -0.0671. The van der Waals surface area contributed by atoms with Crippen LogP contribution in [0.2, 0.25) is 5.02 Å². The van der Waals surface area contributed by atoms with Gasteiger partial charge in [0.2, 0.25) is 5.91 Å². The Kier molecular flexibility index (Phi) is 5.13. The maximum atomic E-state index is 12.1. The lowest BCUT2D eigenvalue weighted by Gasteiger charge is -2.23. The first-order valence-corrected chi connectivity index (χ1v) is 7.94.